The number of amides is 11. The molecule has 0 radical (unpaired) electrons. The van der Waals surface area contributed by atoms with E-state index in [1.807, 2.05) is 13.8 Å². The van der Waals surface area contributed by atoms with Gasteiger partial charge in [-0.2, -0.15) is 11.8 Å². The first-order valence-electron chi connectivity index (χ1n) is 24.0. The third kappa shape index (κ3) is 24.1. The summed E-state index contributed by atoms with van der Waals surface area (Å²) in [6.45, 7) is 7.83. The van der Waals surface area contributed by atoms with Crippen molar-refractivity contribution in [3.63, 3.8) is 0 Å². The second kappa shape index (κ2) is 34.0. The van der Waals surface area contributed by atoms with Crippen molar-refractivity contribution >= 4 is 120 Å². The van der Waals surface area contributed by atoms with E-state index in [-0.39, 0.29) is 103 Å². The molecule has 74 heavy (non-hydrogen) atoms. The van der Waals surface area contributed by atoms with Crippen molar-refractivity contribution < 1.29 is 70.2 Å². The fraction of sp³-hybridized carbons (Fsp3) is 0.617. The summed E-state index contributed by atoms with van der Waals surface area (Å²) in [4.78, 5) is 157. The van der Waals surface area contributed by atoms with Crippen molar-refractivity contribution in [1.29, 1.82) is 0 Å². The number of carboxylic acid groups (broad SMARTS) is 1. The number of carbonyl (C=O) groups is 12. The average Bonchev–Trinajstić information content (AvgIpc) is 3.82. The minimum Gasteiger partial charge on any atom is -1.00 e. The molecule has 0 aliphatic carbocycles. The molecule has 410 valence electrons. The number of thioether (sulfide) groups is 1. The predicted octanol–water partition coefficient (Wildman–Crippen LogP) is -2.57. The van der Waals surface area contributed by atoms with Gasteiger partial charge < -0.3 is 72.0 Å². The van der Waals surface area contributed by atoms with Gasteiger partial charge in [0.2, 0.25) is 65.0 Å². The number of rotatable bonds is 18. The number of nitrogens with zero attached hydrogens (tertiary/aromatic N) is 1. The maximum Gasteiger partial charge on any atom is 2.00 e. The van der Waals surface area contributed by atoms with E-state index in [1.165, 1.54) is 23.8 Å². The molecule has 25 nitrogen and oxygen atoms in total. The Morgan fingerprint density at radius 3 is 2.01 bits per heavy atom. The molecule has 0 unspecified atom stereocenters. The number of ether oxygens (including phenoxy) is 1. The van der Waals surface area contributed by atoms with E-state index in [9.17, 15) is 52.7 Å². The van der Waals surface area contributed by atoms with Crippen molar-refractivity contribution in [1.82, 2.24) is 42.1 Å². The molecule has 0 bridgehead atoms. The quantitative estimate of drug-likeness (QED) is 0.0674. The second-order valence-corrected chi connectivity index (χ2v) is 19.3. The maximum atomic E-state index is 14.5. The van der Waals surface area contributed by atoms with Crippen LogP contribution in [0.2, 0.25) is 0 Å². The van der Waals surface area contributed by atoms with Gasteiger partial charge in [0.05, 0.1) is 20.1 Å². The predicted molar refractivity (Wildman–Crippen MR) is 274 cm³/mol. The Hall–Kier alpha value is -5.73. The molecule has 1 aromatic carbocycles. The van der Waals surface area contributed by atoms with Crippen LogP contribution in [0.15, 0.2) is 24.3 Å². The van der Waals surface area contributed by atoms with Crippen LogP contribution >= 0.6 is 11.8 Å². The number of likely N-dealkylation sites (tertiary alicyclic amines) is 1. The van der Waals surface area contributed by atoms with Crippen LogP contribution < -0.4 is 59.2 Å². The molecule has 2 fully saturated rings. The summed E-state index contributed by atoms with van der Waals surface area (Å²) in [6.07, 6.45) is -0.176. The van der Waals surface area contributed by atoms with Crippen LogP contribution in [0.25, 0.3) is 0 Å². The number of primary amides is 3. The third-order valence-corrected chi connectivity index (χ3v) is 12.7. The number of carbonyl (C=O) groups excluding carboxylic acids is 11. The van der Waals surface area contributed by atoms with E-state index in [0.717, 1.165) is 6.92 Å². The van der Waals surface area contributed by atoms with Crippen LogP contribution in [0.5, 0.6) is 5.75 Å². The molecule has 2 aliphatic heterocycles. The van der Waals surface area contributed by atoms with Crippen molar-refractivity contribution in [2.75, 3.05) is 31.7 Å². The standard InChI is InChI=1S/C45H69N11O12S.C2H4O2.Ca.2H/c1-6-25(4)38-44(66)51-28(15-16-34(46)57)40(62)52-31(21-35(47)58)41(63)54-32(23-69-18-8-10-37(60)50-30(42(64)55-38)20-26-11-13-27(68-5)14-12-26)45(67)56-17-7-9-33(56)43(65)53-29(19-24(2)3)39(61)49-22-36(48)59;1-2(3)4;;;/h11-14,24-25,28-33,38H,6-10,15-23H2,1-5H3,(H2,46,57)(H2,47,58)(H2,48,59)(H,49,61)(H,50,60)(H,51,66)(H,52,62)(H,53,65)(H,54,63)(H,55,64);1H3,(H,3,4);;;/q;;+2;2*-1/t25-,28-,29-,30-,31-,32-,33-,38-;;;;/m0..../s1. The van der Waals surface area contributed by atoms with E-state index >= 15 is 0 Å². The number of nitrogens with two attached hydrogens (primary N) is 3. The van der Waals surface area contributed by atoms with Crippen LogP contribution in [0.4, 0.5) is 0 Å². The average molecular weight is 1090 g/mol. The van der Waals surface area contributed by atoms with E-state index in [4.69, 9.17) is 31.8 Å². The zero-order chi connectivity index (χ0) is 54.9. The van der Waals surface area contributed by atoms with Crippen molar-refractivity contribution in [3.8, 4) is 5.75 Å². The SMILES string of the molecule is CC(=O)O.CC[C@H](C)[C@@H]1NC(=O)[C@H](Cc2ccc(OC)cc2)NC(=O)CCCSC[C@@H](C(=O)N2CCC[C@H]2C(=O)N[C@@H](CC(C)C)C(=O)NCC(N)=O)NC(=O)[C@H](CC(N)=O)NC(=O)[C@H](CCC(N)=O)NC1=O.[Ca+2].[H-].[H-]. The van der Waals surface area contributed by atoms with Gasteiger partial charge in [-0.3, -0.25) is 57.5 Å². The zero-order valence-electron chi connectivity index (χ0n) is 45.0. The summed E-state index contributed by atoms with van der Waals surface area (Å²) in [5.41, 5.74) is 16.8. The summed E-state index contributed by atoms with van der Waals surface area (Å²) in [6, 6.07) is -2.40. The van der Waals surface area contributed by atoms with Gasteiger partial charge >= 0.3 is 37.7 Å². The Balaban J connectivity index is 0. The van der Waals surface area contributed by atoms with E-state index in [1.54, 1.807) is 38.1 Å². The summed E-state index contributed by atoms with van der Waals surface area (Å²) >= 11 is 1.18. The van der Waals surface area contributed by atoms with Crippen LogP contribution in [-0.4, -0.2) is 193 Å². The molecule has 0 aromatic heterocycles. The summed E-state index contributed by atoms with van der Waals surface area (Å²) in [7, 11) is 1.50. The monoisotopic (exact) mass is 1090 g/mol. The van der Waals surface area contributed by atoms with E-state index in [0.29, 0.717) is 24.2 Å². The van der Waals surface area contributed by atoms with Crippen LogP contribution in [-0.2, 0) is 64.0 Å². The van der Waals surface area contributed by atoms with Gasteiger partial charge in [-0.25, -0.2) is 0 Å². The Kier molecular flexibility index (Phi) is 30.4. The van der Waals surface area contributed by atoms with Crippen LogP contribution in [0, 0.1) is 11.8 Å². The summed E-state index contributed by atoms with van der Waals surface area (Å²) in [5.74, 6) is -9.43. The van der Waals surface area contributed by atoms with Gasteiger partial charge in [-0.15, -0.1) is 0 Å². The molecular weight excluding hydrogens is 1010 g/mol. The van der Waals surface area contributed by atoms with Crippen molar-refractivity contribution in [2.24, 2.45) is 29.0 Å². The first kappa shape index (κ1) is 66.3. The molecule has 11 amide bonds. The first-order valence-corrected chi connectivity index (χ1v) is 25.2. The molecule has 3 rings (SSSR count). The fourth-order valence-corrected chi connectivity index (χ4v) is 8.66. The Labute approximate surface area is 467 Å². The fourth-order valence-electron chi connectivity index (χ4n) is 7.68. The number of hydrogen-bond acceptors (Lipinski definition) is 14. The normalized spacial score (nSPS) is 21.9. The Morgan fingerprint density at radius 2 is 1.45 bits per heavy atom. The summed E-state index contributed by atoms with van der Waals surface area (Å²) in [5, 5.41) is 25.6. The molecule has 27 heteroatoms. The minimum absolute atomic E-state index is 0. The third-order valence-electron chi connectivity index (χ3n) is 11.6. The topological polar surface area (TPSA) is 400 Å². The molecule has 2 heterocycles. The van der Waals surface area contributed by atoms with Gasteiger partial charge in [-0.05, 0) is 67.4 Å². The zero-order valence-corrected chi connectivity index (χ0v) is 46.0. The van der Waals surface area contributed by atoms with E-state index in [2.05, 4.69) is 37.2 Å². The van der Waals surface area contributed by atoms with Gasteiger partial charge in [0.1, 0.15) is 48.0 Å². The largest absolute Gasteiger partial charge is 2.00 e. The molecule has 0 spiro atoms. The van der Waals surface area contributed by atoms with Crippen LogP contribution in [0.3, 0.4) is 0 Å². The molecule has 2 saturated heterocycles. The molecule has 1 aromatic rings. The Morgan fingerprint density at radius 1 is 0.838 bits per heavy atom. The molecule has 0 saturated carbocycles. The number of benzene rings is 1. The number of hydrogen-bond donors (Lipinski definition) is 11. The van der Waals surface area contributed by atoms with Crippen LogP contribution in [0.1, 0.15) is 101 Å². The number of aliphatic carboxylic acids is 1. The Bertz CT molecular complexity index is 2150. The van der Waals surface area contributed by atoms with Gasteiger partial charge in [0.15, 0.2) is 0 Å². The van der Waals surface area contributed by atoms with Crippen molar-refractivity contribution in [3.05, 3.63) is 29.8 Å². The van der Waals surface area contributed by atoms with Gasteiger partial charge in [-0.1, -0.05) is 46.2 Å². The summed E-state index contributed by atoms with van der Waals surface area (Å²) < 4.78 is 5.25. The molecule has 2 aliphatic rings. The van der Waals surface area contributed by atoms with Gasteiger partial charge in [0.25, 0.3) is 5.97 Å². The van der Waals surface area contributed by atoms with E-state index < -0.39 is 139 Å². The maximum absolute atomic E-state index is 14.5. The molecular formula is C47H75CaN11O14S. The minimum atomic E-state index is -1.71. The molecule has 14 N–H and O–H groups in total. The molecule has 8 atom stereocenters. The smallest absolute Gasteiger partial charge is 1.00 e. The van der Waals surface area contributed by atoms with Crippen molar-refractivity contribution in [2.45, 2.75) is 141 Å². The first-order chi connectivity index (χ1) is 34.4. The second-order valence-electron chi connectivity index (χ2n) is 18.2. The van der Waals surface area contributed by atoms with Gasteiger partial charge in [0, 0.05) is 38.5 Å². The number of nitrogens with one attached hydrogen (secondary N) is 7. The number of carboxylic acids is 1. The number of methoxy groups -OCH3 is 1.